The van der Waals surface area contributed by atoms with E-state index in [0.29, 0.717) is 11.1 Å². The van der Waals surface area contributed by atoms with E-state index in [1.54, 1.807) is 0 Å². The molecule has 78 valence electrons. The van der Waals surface area contributed by atoms with Crippen LogP contribution in [0.4, 0.5) is 0 Å². The zero-order chi connectivity index (χ0) is 9.65. The molecule has 0 saturated heterocycles. The SMILES string of the molecule is CC1(NC2=NC3(CCCC3)CS2)CC1. The van der Waals surface area contributed by atoms with Crippen LogP contribution >= 0.6 is 11.8 Å². The number of hydrogen-bond donors (Lipinski definition) is 1. The standard InChI is InChI=1S/C11H18N2S/c1-10(6-7-10)12-9-13-11(8-14-9)4-2-3-5-11/h2-8H2,1H3,(H,12,13). The number of amidine groups is 1. The van der Waals surface area contributed by atoms with Crippen LogP contribution in [-0.4, -0.2) is 22.0 Å². The normalized spacial score (nSPS) is 31.9. The third kappa shape index (κ3) is 1.56. The molecule has 2 nitrogen and oxygen atoms in total. The lowest BCUT2D eigenvalue weighted by atomic mass is 10.0. The van der Waals surface area contributed by atoms with Crippen molar-refractivity contribution in [2.45, 2.75) is 56.5 Å². The van der Waals surface area contributed by atoms with Gasteiger partial charge in [-0.15, -0.1) is 0 Å². The van der Waals surface area contributed by atoms with Crippen LogP contribution in [0.3, 0.4) is 0 Å². The second kappa shape index (κ2) is 2.91. The van der Waals surface area contributed by atoms with Crippen LogP contribution in [0.2, 0.25) is 0 Å². The van der Waals surface area contributed by atoms with Crippen LogP contribution in [-0.2, 0) is 0 Å². The van der Waals surface area contributed by atoms with E-state index >= 15 is 0 Å². The van der Waals surface area contributed by atoms with Gasteiger partial charge < -0.3 is 5.32 Å². The lowest BCUT2D eigenvalue weighted by Gasteiger charge is -2.16. The van der Waals surface area contributed by atoms with E-state index in [0.717, 1.165) is 0 Å². The molecule has 1 spiro atoms. The first-order chi connectivity index (χ1) is 6.70. The Morgan fingerprint density at radius 3 is 2.57 bits per heavy atom. The molecule has 1 aliphatic heterocycles. The molecule has 0 radical (unpaired) electrons. The Hall–Kier alpha value is -0.180. The molecule has 2 fully saturated rings. The highest BCUT2D eigenvalue weighted by Gasteiger charge is 2.42. The van der Waals surface area contributed by atoms with Crippen molar-refractivity contribution in [1.29, 1.82) is 0 Å². The molecule has 1 heterocycles. The summed E-state index contributed by atoms with van der Waals surface area (Å²) in [4.78, 5) is 4.91. The fourth-order valence-electron chi connectivity index (χ4n) is 2.41. The number of aliphatic imine (C=N–C) groups is 1. The van der Waals surface area contributed by atoms with Gasteiger partial charge in [-0.25, -0.2) is 0 Å². The summed E-state index contributed by atoms with van der Waals surface area (Å²) in [5.74, 6) is 1.23. The summed E-state index contributed by atoms with van der Waals surface area (Å²) >= 11 is 1.94. The molecule has 1 N–H and O–H groups in total. The molecular weight excluding hydrogens is 192 g/mol. The Labute approximate surface area is 89.9 Å². The maximum absolute atomic E-state index is 4.91. The zero-order valence-corrected chi connectivity index (χ0v) is 9.62. The molecule has 0 aromatic carbocycles. The maximum atomic E-state index is 4.91. The summed E-state index contributed by atoms with van der Waals surface area (Å²) in [6.45, 7) is 2.30. The lowest BCUT2D eigenvalue weighted by Crippen LogP contribution is -2.31. The predicted octanol–water partition coefficient (Wildman–Crippen LogP) is 2.54. The summed E-state index contributed by atoms with van der Waals surface area (Å²) in [6.07, 6.45) is 8.05. The summed E-state index contributed by atoms with van der Waals surface area (Å²) in [7, 11) is 0. The largest absolute Gasteiger partial charge is 0.360 e. The number of nitrogens with zero attached hydrogens (tertiary/aromatic N) is 1. The number of nitrogens with one attached hydrogen (secondary N) is 1. The number of thioether (sulfide) groups is 1. The Balaban J connectivity index is 1.70. The third-order valence-corrected chi connectivity index (χ3v) is 4.91. The van der Waals surface area contributed by atoms with Crippen LogP contribution in [0.5, 0.6) is 0 Å². The van der Waals surface area contributed by atoms with Crippen molar-refractivity contribution in [3.8, 4) is 0 Å². The van der Waals surface area contributed by atoms with E-state index in [9.17, 15) is 0 Å². The van der Waals surface area contributed by atoms with Crippen LogP contribution in [0.15, 0.2) is 4.99 Å². The highest BCUT2D eigenvalue weighted by molar-refractivity contribution is 8.14. The lowest BCUT2D eigenvalue weighted by molar-refractivity contribution is 0.505. The number of rotatable bonds is 1. The van der Waals surface area contributed by atoms with E-state index in [2.05, 4.69) is 12.2 Å². The van der Waals surface area contributed by atoms with E-state index in [-0.39, 0.29) is 0 Å². The van der Waals surface area contributed by atoms with E-state index in [1.165, 1.54) is 49.4 Å². The maximum Gasteiger partial charge on any atom is 0.157 e. The minimum atomic E-state index is 0.345. The summed E-state index contributed by atoms with van der Waals surface area (Å²) in [6, 6.07) is 0. The molecule has 14 heavy (non-hydrogen) atoms. The zero-order valence-electron chi connectivity index (χ0n) is 8.81. The quantitative estimate of drug-likeness (QED) is 0.719. The topological polar surface area (TPSA) is 24.4 Å². The van der Waals surface area contributed by atoms with Gasteiger partial charge in [0.15, 0.2) is 5.17 Å². The molecular formula is C11H18N2S. The first-order valence-corrected chi connectivity index (χ1v) is 6.69. The fraction of sp³-hybridized carbons (Fsp3) is 0.909. The third-order valence-electron chi connectivity index (χ3n) is 3.76. The van der Waals surface area contributed by atoms with E-state index in [1.807, 2.05) is 11.8 Å². The van der Waals surface area contributed by atoms with Gasteiger partial charge in [0, 0.05) is 11.3 Å². The molecule has 3 heteroatoms. The van der Waals surface area contributed by atoms with Crippen molar-refractivity contribution in [2.75, 3.05) is 5.75 Å². The Morgan fingerprint density at radius 1 is 1.21 bits per heavy atom. The molecule has 2 aliphatic carbocycles. The Morgan fingerprint density at radius 2 is 1.93 bits per heavy atom. The van der Waals surface area contributed by atoms with Crippen LogP contribution in [0, 0.1) is 0 Å². The summed E-state index contributed by atoms with van der Waals surface area (Å²) in [5.41, 5.74) is 0.744. The second-order valence-corrected chi connectivity index (χ2v) is 6.29. The molecule has 3 rings (SSSR count). The minimum absolute atomic E-state index is 0.345. The van der Waals surface area contributed by atoms with Crippen LogP contribution in [0.25, 0.3) is 0 Å². The summed E-state index contributed by atoms with van der Waals surface area (Å²) in [5, 5.41) is 4.82. The molecule has 3 aliphatic rings. The van der Waals surface area contributed by atoms with E-state index < -0.39 is 0 Å². The van der Waals surface area contributed by atoms with Gasteiger partial charge in [-0.3, -0.25) is 4.99 Å². The van der Waals surface area contributed by atoms with Gasteiger partial charge in [0.05, 0.1) is 5.54 Å². The molecule has 2 saturated carbocycles. The Bertz CT molecular complexity index is 275. The van der Waals surface area contributed by atoms with Crippen LogP contribution in [0.1, 0.15) is 45.4 Å². The minimum Gasteiger partial charge on any atom is -0.360 e. The van der Waals surface area contributed by atoms with Gasteiger partial charge in [-0.2, -0.15) is 0 Å². The molecule has 0 aromatic heterocycles. The van der Waals surface area contributed by atoms with Crippen molar-refractivity contribution in [2.24, 2.45) is 4.99 Å². The monoisotopic (exact) mass is 210 g/mol. The fourth-order valence-corrected chi connectivity index (χ4v) is 3.74. The van der Waals surface area contributed by atoms with Crippen LogP contribution < -0.4 is 5.32 Å². The predicted molar refractivity (Wildman–Crippen MR) is 61.9 cm³/mol. The number of hydrogen-bond acceptors (Lipinski definition) is 3. The van der Waals surface area contributed by atoms with Gasteiger partial charge in [0.1, 0.15) is 0 Å². The van der Waals surface area contributed by atoms with Gasteiger partial charge in [0.25, 0.3) is 0 Å². The highest BCUT2D eigenvalue weighted by Crippen LogP contribution is 2.42. The van der Waals surface area contributed by atoms with Crippen molar-refractivity contribution in [3.63, 3.8) is 0 Å². The van der Waals surface area contributed by atoms with Crippen molar-refractivity contribution >= 4 is 16.9 Å². The van der Waals surface area contributed by atoms with Gasteiger partial charge >= 0.3 is 0 Å². The molecule has 0 unspecified atom stereocenters. The molecule has 0 atom stereocenters. The van der Waals surface area contributed by atoms with Crippen molar-refractivity contribution < 1.29 is 0 Å². The van der Waals surface area contributed by atoms with E-state index in [4.69, 9.17) is 4.99 Å². The first kappa shape index (κ1) is 9.08. The molecule has 0 amide bonds. The Kier molecular flexibility index (Phi) is 1.88. The molecule has 0 bridgehead atoms. The molecule has 0 aromatic rings. The summed E-state index contributed by atoms with van der Waals surface area (Å²) < 4.78 is 0. The van der Waals surface area contributed by atoms with Gasteiger partial charge in [0.2, 0.25) is 0 Å². The van der Waals surface area contributed by atoms with Gasteiger partial charge in [-0.1, -0.05) is 24.6 Å². The average molecular weight is 210 g/mol. The van der Waals surface area contributed by atoms with Crippen molar-refractivity contribution in [3.05, 3.63) is 0 Å². The van der Waals surface area contributed by atoms with Crippen molar-refractivity contribution in [1.82, 2.24) is 5.32 Å². The highest BCUT2D eigenvalue weighted by atomic mass is 32.2. The second-order valence-electron chi connectivity index (χ2n) is 5.32. The average Bonchev–Trinajstić information content (AvgIpc) is 2.65. The first-order valence-electron chi connectivity index (χ1n) is 5.71. The smallest absolute Gasteiger partial charge is 0.157 e. The van der Waals surface area contributed by atoms with Gasteiger partial charge in [-0.05, 0) is 32.6 Å².